The number of alkyl halides is 1. The quantitative estimate of drug-likeness (QED) is 0.416. The molecule has 0 N–H and O–H groups in total. The minimum Gasteiger partial charge on any atom is -0.332 e. The number of rotatable bonds is 5. The smallest absolute Gasteiger partial charge is 0.278 e. The van der Waals surface area contributed by atoms with E-state index in [4.69, 9.17) is 16.1 Å². The SMILES string of the molecule is Cc1cc(-c2nc(-c3ccc(C(C)(C)F)cc3)no2)nn1Cc1ccc(Cl)cc1. The molecule has 2 aromatic carbocycles. The van der Waals surface area contributed by atoms with E-state index in [2.05, 4.69) is 15.2 Å². The molecule has 5 nitrogen and oxygen atoms in total. The second kappa shape index (κ2) is 7.44. The minimum absolute atomic E-state index is 0.341. The maximum absolute atomic E-state index is 14.0. The van der Waals surface area contributed by atoms with Crippen LogP contribution < -0.4 is 0 Å². The first kappa shape index (κ1) is 19.3. The Morgan fingerprint density at radius 3 is 2.41 bits per heavy atom. The summed E-state index contributed by atoms with van der Waals surface area (Å²) in [6, 6.07) is 16.6. The maximum Gasteiger partial charge on any atom is 0.278 e. The molecular formula is C22H20ClFN4O. The van der Waals surface area contributed by atoms with Crippen LogP contribution in [0.25, 0.3) is 23.0 Å². The van der Waals surface area contributed by atoms with Crippen molar-refractivity contribution in [2.45, 2.75) is 33.0 Å². The van der Waals surface area contributed by atoms with Crippen molar-refractivity contribution in [2.75, 3.05) is 0 Å². The lowest BCUT2D eigenvalue weighted by Crippen LogP contribution is -2.08. The molecule has 0 aliphatic carbocycles. The first-order valence-corrected chi connectivity index (χ1v) is 9.60. The fourth-order valence-corrected chi connectivity index (χ4v) is 3.12. The number of aromatic nitrogens is 4. The molecule has 0 amide bonds. The van der Waals surface area contributed by atoms with E-state index < -0.39 is 5.67 Å². The molecule has 2 heterocycles. The minimum atomic E-state index is -1.39. The van der Waals surface area contributed by atoms with E-state index in [0.717, 1.165) is 16.8 Å². The Morgan fingerprint density at radius 2 is 1.76 bits per heavy atom. The van der Waals surface area contributed by atoms with Gasteiger partial charge in [0.15, 0.2) is 5.69 Å². The Morgan fingerprint density at radius 1 is 1.07 bits per heavy atom. The van der Waals surface area contributed by atoms with Crippen LogP contribution >= 0.6 is 11.6 Å². The van der Waals surface area contributed by atoms with Gasteiger partial charge in [-0.1, -0.05) is 53.2 Å². The predicted octanol–water partition coefficient (Wildman–Crippen LogP) is 5.81. The van der Waals surface area contributed by atoms with Gasteiger partial charge in [0, 0.05) is 16.3 Å². The van der Waals surface area contributed by atoms with Crippen LogP contribution in [0.4, 0.5) is 4.39 Å². The Balaban J connectivity index is 1.56. The van der Waals surface area contributed by atoms with Gasteiger partial charge in [-0.2, -0.15) is 10.1 Å². The average molecular weight is 411 g/mol. The molecule has 7 heteroatoms. The van der Waals surface area contributed by atoms with Crippen molar-refractivity contribution in [2.24, 2.45) is 0 Å². The first-order valence-electron chi connectivity index (χ1n) is 9.22. The normalized spacial score (nSPS) is 11.8. The van der Waals surface area contributed by atoms with Crippen molar-refractivity contribution in [1.29, 1.82) is 0 Å². The second-order valence-corrected chi connectivity index (χ2v) is 7.86. The van der Waals surface area contributed by atoms with Crippen LogP contribution in [0.1, 0.15) is 30.7 Å². The lowest BCUT2D eigenvalue weighted by atomic mass is 9.99. The van der Waals surface area contributed by atoms with Crippen LogP contribution in [-0.2, 0) is 12.2 Å². The molecule has 4 aromatic rings. The summed E-state index contributed by atoms with van der Waals surface area (Å²) < 4.78 is 21.3. The molecule has 0 saturated carbocycles. The number of halogens is 2. The molecule has 0 aliphatic rings. The Bertz CT molecular complexity index is 1130. The molecule has 0 radical (unpaired) electrons. The lowest BCUT2D eigenvalue weighted by Gasteiger charge is -2.14. The van der Waals surface area contributed by atoms with Gasteiger partial charge in [0.1, 0.15) is 5.67 Å². The average Bonchev–Trinajstić information content (AvgIpc) is 3.30. The molecule has 29 heavy (non-hydrogen) atoms. The van der Waals surface area contributed by atoms with Gasteiger partial charge in [0.05, 0.1) is 6.54 Å². The zero-order chi connectivity index (χ0) is 20.6. The summed E-state index contributed by atoms with van der Waals surface area (Å²) in [4.78, 5) is 4.45. The van der Waals surface area contributed by atoms with E-state index in [1.165, 1.54) is 13.8 Å². The highest BCUT2D eigenvalue weighted by Gasteiger charge is 2.19. The van der Waals surface area contributed by atoms with Crippen molar-refractivity contribution in [3.8, 4) is 23.0 Å². The lowest BCUT2D eigenvalue weighted by molar-refractivity contribution is 0.221. The van der Waals surface area contributed by atoms with Gasteiger partial charge in [-0.3, -0.25) is 4.68 Å². The molecule has 2 aromatic heterocycles. The van der Waals surface area contributed by atoms with E-state index >= 15 is 0 Å². The summed E-state index contributed by atoms with van der Waals surface area (Å²) in [5.74, 6) is 0.779. The molecule has 0 aliphatic heterocycles. The zero-order valence-electron chi connectivity index (χ0n) is 16.4. The van der Waals surface area contributed by atoms with Crippen LogP contribution in [0.15, 0.2) is 59.1 Å². The highest BCUT2D eigenvalue weighted by molar-refractivity contribution is 6.30. The topological polar surface area (TPSA) is 56.7 Å². The van der Waals surface area contributed by atoms with E-state index in [1.807, 2.05) is 41.9 Å². The Hall–Kier alpha value is -2.99. The highest BCUT2D eigenvalue weighted by Crippen LogP contribution is 2.27. The van der Waals surface area contributed by atoms with Gasteiger partial charge in [-0.15, -0.1) is 0 Å². The van der Waals surface area contributed by atoms with E-state index in [-0.39, 0.29) is 0 Å². The molecule has 0 saturated heterocycles. The first-order chi connectivity index (χ1) is 13.8. The Kier molecular flexibility index (Phi) is 4.96. The molecule has 4 rings (SSSR count). The number of hydrogen-bond acceptors (Lipinski definition) is 4. The van der Waals surface area contributed by atoms with Gasteiger partial charge in [0.2, 0.25) is 5.82 Å². The van der Waals surface area contributed by atoms with Gasteiger partial charge in [-0.25, -0.2) is 4.39 Å². The van der Waals surface area contributed by atoms with Gasteiger partial charge < -0.3 is 4.52 Å². The monoisotopic (exact) mass is 410 g/mol. The number of benzene rings is 2. The van der Waals surface area contributed by atoms with Crippen molar-refractivity contribution < 1.29 is 8.91 Å². The summed E-state index contributed by atoms with van der Waals surface area (Å²) in [5.41, 5.74) is 2.64. The van der Waals surface area contributed by atoms with Crippen molar-refractivity contribution >= 4 is 11.6 Å². The van der Waals surface area contributed by atoms with Crippen LogP contribution in [0.5, 0.6) is 0 Å². The van der Waals surface area contributed by atoms with Crippen LogP contribution in [0, 0.1) is 6.92 Å². The van der Waals surface area contributed by atoms with Gasteiger partial charge in [-0.05, 0) is 50.1 Å². The summed E-state index contributed by atoms with van der Waals surface area (Å²) in [6.07, 6.45) is 0. The molecular weight excluding hydrogens is 391 g/mol. The van der Waals surface area contributed by atoms with Crippen molar-refractivity contribution in [3.05, 3.63) is 76.4 Å². The fourth-order valence-electron chi connectivity index (χ4n) is 3.00. The number of aryl methyl sites for hydroxylation is 1. The highest BCUT2D eigenvalue weighted by atomic mass is 35.5. The maximum atomic E-state index is 14.0. The van der Waals surface area contributed by atoms with Crippen molar-refractivity contribution in [1.82, 2.24) is 19.9 Å². The number of hydrogen-bond donors (Lipinski definition) is 0. The third kappa shape index (κ3) is 4.22. The number of nitrogens with zero attached hydrogens (tertiary/aromatic N) is 4. The standard InChI is InChI=1S/C22H20ClFN4O/c1-14-12-19(26-28(14)13-15-4-10-18(23)11-5-15)21-25-20(27-29-21)16-6-8-17(9-7-16)22(2,3)24/h4-12H,13H2,1-3H3. The van der Waals surface area contributed by atoms with E-state index in [0.29, 0.717) is 34.5 Å². The summed E-state index contributed by atoms with van der Waals surface area (Å²) in [6.45, 7) is 5.64. The van der Waals surface area contributed by atoms with Crippen LogP contribution in [0.3, 0.4) is 0 Å². The van der Waals surface area contributed by atoms with Crippen LogP contribution in [-0.4, -0.2) is 19.9 Å². The molecule has 0 unspecified atom stereocenters. The van der Waals surface area contributed by atoms with Crippen LogP contribution in [0.2, 0.25) is 5.02 Å². The third-order valence-electron chi connectivity index (χ3n) is 4.70. The predicted molar refractivity (Wildman–Crippen MR) is 110 cm³/mol. The third-order valence-corrected chi connectivity index (χ3v) is 4.95. The van der Waals surface area contributed by atoms with E-state index in [9.17, 15) is 4.39 Å². The molecule has 148 valence electrons. The molecule has 0 bridgehead atoms. The van der Waals surface area contributed by atoms with Gasteiger partial charge >= 0.3 is 0 Å². The van der Waals surface area contributed by atoms with Gasteiger partial charge in [0.25, 0.3) is 5.89 Å². The summed E-state index contributed by atoms with van der Waals surface area (Å²) in [7, 11) is 0. The van der Waals surface area contributed by atoms with E-state index in [1.54, 1.807) is 24.3 Å². The second-order valence-electron chi connectivity index (χ2n) is 7.43. The molecule has 0 atom stereocenters. The Labute approximate surface area is 173 Å². The largest absolute Gasteiger partial charge is 0.332 e. The summed E-state index contributed by atoms with van der Waals surface area (Å²) in [5, 5.41) is 9.33. The molecule has 0 spiro atoms. The van der Waals surface area contributed by atoms with Crippen molar-refractivity contribution in [3.63, 3.8) is 0 Å². The zero-order valence-corrected chi connectivity index (χ0v) is 17.1. The fraction of sp³-hybridized carbons (Fsp3) is 0.227. The molecule has 0 fully saturated rings. The summed E-state index contributed by atoms with van der Waals surface area (Å²) >= 11 is 5.95.